The highest BCUT2D eigenvalue weighted by Crippen LogP contribution is 2.37. The molecule has 2 heterocycles. The van der Waals surface area contributed by atoms with Crippen LogP contribution in [0.4, 0.5) is 0 Å². The van der Waals surface area contributed by atoms with Crippen LogP contribution in [0.15, 0.2) is 12.1 Å². The molecular formula is C20H26N2O3. The second-order valence-electron chi connectivity index (χ2n) is 7.97. The maximum Gasteiger partial charge on any atom is 0.255 e. The zero-order chi connectivity index (χ0) is 18.5. The quantitative estimate of drug-likeness (QED) is 0.794. The highest BCUT2D eigenvalue weighted by atomic mass is 16.2. The van der Waals surface area contributed by atoms with E-state index in [1.807, 2.05) is 13.0 Å². The third-order valence-electron chi connectivity index (χ3n) is 5.47. The number of hydrogen-bond acceptors (Lipinski definition) is 3. The van der Waals surface area contributed by atoms with Crippen molar-refractivity contribution in [2.45, 2.75) is 59.0 Å². The first-order valence-electron chi connectivity index (χ1n) is 8.90. The molecule has 1 saturated heterocycles. The summed E-state index contributed by atoms with van der Waals surface area (Å²) in [5.41, 5.74) is 3.05. The molecule has 0 N–H and O–H groups in total. The minimum absolute atomic E-state index is 0.0951. The summed E-state index contributed by atoms with van der Waals surface area (Å²) in [7, 11) is 1.50. The minimum atomic E-state index is -0.957. The Hall–Kier alpha value is -2.17. The first-order chi connectivity index (χ1) is 11.6. The molecule has 0 radical (unpaired) electrons. The number of nitrogens with zero attached hydrogens (tertiary/aromatic N) is 2. The fourth-order valence-electron chi connectivity index (χ4n) is 4.01. The Morgan fingerprint density at radius 3 is 2.52 bits per heavy atom. The van der Waals surface area contributed by atoms with Gasteiger partial charge in [-0.1, -0.05) is 25.5 Å². The summed E-state index contributed by atoms with van der Waals surface area (Å²) in [5.74, 6) is -0.0666. The fraction of sp³-hybridized carbons (Fsp3) is 0.550. The van der Waals surface area contributed by atoms with Crippen LogP contribution in [0.3, 0.4) is 0 Å². The summed E-state index contributed by atoms with van der Waals surface area (Å²) >= 11 is 0. The number of carbonyl (C=O) groups excluding carboxylic acids is 3. The molecule has 1 aromatic rings. The van der Waals surface area contributed by atoms with Gasteiger partial charge in [-0.2, -0.15) is 0 Å². The molecule has 0 bridgehead atoms. The second kappa shape index (κ2) is 5.97. The lowest BCUT2D eigenvalue weighted by Crippen LogP contribution is -2.61. The molecule has 5 nitrogen and oxygen atoms in total. The first kappa shape index (κ1) is 17.6. The molecule has 1 fully saturated rings. The van der Waals surface area contributed by atoms with Gasteiger partial charge in [0.25, 0.3) is 11.8 Å². The smallest absolute Gasteiger partial charge is 0.255 e. The normalized spacial score (nSPS) is 23.7. The van der Waals surface area contributed by atoms with Crippen molar-refractivity contribution in [3.05, 3.63) is 34.4 Å². The Kier molecular flexibility index (Phi) is 4.21. The lowest BCUT2D eigenvalue weighted by atomic mass is 9.88. The molecule has 1 aromatic carbocycles. The van der Waals surface area contributed by atoms with E-state index < -0.39 is 5.54 Å². The monoisotopic (exact) mass is 342 g/mol. The second-order valence-corrected chi connectivity index (χ2v) is 7.97. The lowest BCUT2D eigenvalue weighted by molar-refractivity contribution is -0.155. The van der Waals surface area contributed by atoms with Crippen LogP contribution in [0.1, 0.15) is 60.7 Å². The fourth-order valence-corrected chi connectivity index (χ4v) is 4.01. The van der Waals surface area contributed by atoms with E-state index in [-0.39, 0.29) is 24.1 Å². The molecular weight excluding hydrogens is 316 g/mol. The van der Waals surface area contributed by atoms with E-state index in [4.69, 9.17) is 0 Å². The summed E-state index contributed by atoms with van der Waals surface area (Å²) in [6, 6.07) is 4.07. The molecule has 5 heteroatoms. The zero-order valence-corrected chi connectivity index (χ0v) is 15.7. The summed E-state index contributed by atoms with van der Waals surface area (Å²) in [5, 5.41) is 0. The molecule has 2 aliphatic rings. The van der Waals surface area contributed by atoms with Crippen LogP contribution in [0, 0.1) is 12.8 Å². The Morgan fingerprint density at radius 2 is 1.88 bits per heavy atom. The number of fused-ring (bicyclic) bond motifs is 1. The third kappa shape index (κ3) is 2.75. The van der Waals surface area contributed by atoms with Gasteiger partial charge in [0.1, 0.15) is 5.54 Å². The molecule has 1 unspecified atom stereocenters. The molecule has 25 heavy (non-hydrogen) atoms. The number of benzene rings is 1. The number of piperidine rings is 1. The maximum absolute atomic E-state index is 13.1. The number of amides is 3. The number of aryl methyl sites for hydroxylation is 1. The van der Waals surface area contributed by atoms with Crippen LogP contribution in [0.5, 0.6) is 0 Å². The van der Waals surface area contributed by atoms with E-state index in [1.165, 1.54) is 17.5 Å². The van der Waals surface area contributed by atoms with Crippen LogP contribution in [-0.4, -0.2) is 40.1 Å². The first-order valence-corrected chi connectivity index (χ1v) is 8.90. The van der Waals surface area contributed by atoms with Gasteiger partial charge in [-0.15, -0.1) is 0 Å². The van der Waals surface area contributed by atoms with Gasteiger partial charge in [0, 0.05) is 25.6 Å². The Morgan fingerprint density at radius 1 is 1.20 bits per heavy atom. The summed E-state index contributed by atoms with van der Waals surface area (Å²) < 4.78 is 0. The van der Waals surface area contributed by atoms with Crippen LogP contribution in [0.25, 0.3) is 0 Å². The minimum Gasteiger partial charge on any atom is -0.320 e. The van der Waals surface area contributed by atoms with Gasteiger partial charge in [0.15, 0.2) is 0 Å². The number of carbonyl (C=O) groups is 3. The van der Waals surface area contributed by atoms with Crippen LogP contribution < -0.4 is 0 Å². The van der Waals surface area contributed by atoms with Crippen molar-refractivity contribution in [3.8, 4) is 0 Å². The summed E-state index contributed by atoms with van der Waals surface area (Å²) in [4.78, 5) is 40.5. The highest BCUT2D eigenvalue weighted by Gasteiger charge is 2.50. The number of imide groups is 1. The maximum atomic E-state index is 13.1. The van der Waals surface area contributed by atoms with Crippen molar-refractivity contribution in [1.29, 1.82) is 0 Å². The Balaban J connectivity index is 2.00. The van der Waals surface area contributed by atoms with Crippen molar-refractivity contribution in [1.82, 2.24) is 9.80 Å². The molecule has 2 aliphatic heterocycles. The van der Waals surface area contributed by atoms with Gasteiger partial charge in [0.05, 0.1) is 0 Å². The van der Waals surface area contributed by atoms with Gasteiger partial charge in [-0.3, -0.25) is 19.3 Å². The number of hydrogen-bond donors (Lipinski definition) is 0. The molecule has 1 atom stereocenters. The Labute approximate surface area is 149 Å². The third-order valence-corrected chi connectivity index (χ3v) is 5.47. The predicted molar refractivity (Wildman–Crippen MR) is 95.0 cm³/mol. The van der Waals surface area contributed by atoms with Gasteiger partial charge >= 0.3 is 0 Å². The van der Waals surface area contributed by atoms with Crippen molar-refractivity contribution in [2.24, 2.45) is 5.92 Å². The number of rotatable bonds is 3. The van der Waals surface area contributed by atoms with E-state index in [0.29, 0.717) is 24.4 Å². The molecule has 3 rings (SSSR count). The van der Waals surface area contributed by atoms with Crippen molar-refractivity contribution < 1.29 is 14.4 Å². The Bertz CT molecular complexity index is 768. The van der Waals surface area contributed by atoms with Crippen molar-refractivity contribution in [3.63, 3.8) is 0 Å². The number of likely N-dealkylation sites (tertiary alicyclic amines) is 1. The van der Waals surface area contributed by atoms with Crippen LogP contribution in [-0.2, 0) is 22.6 Å². The van der Waals surface area contributed by atoms with E-state index in [0.717, 1.165) is 17.5 Å². The molecule has 134 valence electrons. The van der Waals surface area contributed by atoms with E-state index >= 15 is 0 Å². The summed E-state index contributed by atoms with van der Waals surface area (Å²) in [6.07, 6.45) is 1.58. The van der Waals surface area contributed by atoms with E-state index in [9.17, 15) is 14.4 Å². The van der Waals surface area contributed by atoms with Gasteiger partial charge in [-0.25, -0.2) is 0 Å². The van der Waals surface area contributed by atoms with Gasteiger partial charge in [-0.05, 0) is 49.8 Å². The van der Waals surface area contributed by atoms with Crippen LogP contribution in [0.2, 0.25) is 0 Å². The SMILES string of the molecule is Cc1cc(CC(C)C)c2c(c1)C(=O)N(C1(C)CCC(=O)N(C)C1=O)C2. The van der Waals surface area contributed by atoms with Crippen molar-refractivity contribution in [2.75, 3.05) is 7.05 Å². The van der Waals surface area contributed by atoms with E-state index in [1.54, 1.807) is 11.8 Å². The molecule has 0 saturated carbocycles. The number of likely N-dealkylation sites (N-methyl/N-ethyl adjacent to an activating group) is 1. The molecule has 0 aliphatic carbocycles. The molecule has 0 spiro atoms. The topological polar surface area (TPSA) is 57.7 Å². The van der Waals surface area contributed by atoms with Crippen LogP contribution >= 0.6 is 0 Å². The zero-order valence-electron chi connectivity index (χ0n) is 15.7. The molecule has 0 aromatic heterocycles. The average molecular weight is 342 g/mol. The van der Waals surface area contributed by atoms with E-state index in [2.05, 4.69) is 19.9 Å². The highest BCUT2D eigenvalue weighted by molar-refractivity contribution is 6.07. The average Bonchev–Trinajstić information content (AvgIpc) is 2.87. The standard InChI is InChI=1S/C20H26N2O3/c1-12(2)8-14-9-13(3)10-15-16(14)11-22(18(15)24)20(4)7-6-17(23)21(5)19(20)25/h9-10,12H,6-8,11H2,1-5H3. The summed E-state index contributed by atoms with van der Waals surface area (Å²) in [6.45, 7) is 8.56. The van der Waals surface area contributed by atoms with Gasteiger partial charge in [0.2, 0.25) is 5.91 Å². The predicted octanol–water partition coefficient (Wildman–Crippen LogP) is 2.69. The molecule has 3 amide bonds. The van der Waals surface area contributed by atoms with Gasteiger partial charge < -0.3 is 4.90 Å². The lowest BCUT2D eigenvalue weighted by Gasteiger charge is -2.42. The van der Waals surface area contributed by atoms with Crippen molar-refractivity contribution >= 4 is 17.7 Å². The largest absolute Gasteiger partial charge is 0.320 e.